The van der Waals surface area contributed by atoms with Crippen molar-refractivity contribution < 1.29 is 19.2 Å². The van der Waals surface area contributed by atoms with Crippen LogP contribution >= 0.6 is 12.6 Å². The van der Waals surface area contributed by atoms with Crippen molar-refractivity contribution in [2.45, 2.75) is 12.1 Å². The molecule has 0 unspecified atom stereocenters. The first-order valence-electron chi connectivity index (χ1n) is 6.38. The lowest BCUT2D eigenvalue weighted by Gasteiger charge is -2.13. The van der Waals surface area contributed by atoms with Gasteiger partial charge in [0.25, 0.3) is 0 Å². The van der Waals surface area contributed by atoms with Crippen molar-refractivity contribution in [1.82, 2.24) is 19.7 Å². The molecule has 2 atom stereocenters. The number of anilines is 1. The van der Waals surface area contributed by atoms with Crippen LogP contribution in [0.25, 0.3) is 11.2 Å². The standard InChI is InChI=1S/C11H15N7O4S/c12-5(1-21-10(19)6(13)2-23)11(20)22-18-4-17-7-8(14)15-3-16-9(7)18/h3-6,23H,1-2,12-13H2,(H2,14,15,16)/t5-,6-/m0/s1. The molecule has 2 heterocycles. The van der Waals surface area contributed by atoms with Crippen molar-refractivity contribution >= 4 is 41.5 Å². The van der Waals surface area contributed by atoms with Gasteiger partial charge in [0.2, 0.25) is 5.65 Å². The third kappa shape index (κ3) is 3.85. The molecule has 11 nitrogen and oxygen atoms in total. The van der Waals surface area contributed by atoms with Crippen LogP contribution in [0.1, 0.15) is 0 Å². The molecule has 2 aromatic rings. The predicted molar refractivity (Wildman–Crippen MR) is 82.1 cm³/mol. The number of fused-ring (bicyclic) bond motifs is 1. The molecule has 6 N–H and O–H groups in total. The topological polar surface area (TPSA) is 174 Å². The molecule has 0 bridgehead atoms. The summed E-state index contributed by atoms with van der Waals surface area (Å²) >= 11 is 3.86. The number of nitrogens with zero attached hydrogens (tertiary/aromatic N) is 4. The van der Waals surface area contributed by atoms with E-state index in [1.165, 1.54) is 12.7 Å². The summed E-state index contributed by atoms with van der Waals surface area (Å²) < 4.78 is 5.79. The number of esters is 1. The number of nitrogen functional groups attached to an aromatic ring is 1. The number of carbonyl (C=O) groups is 2. The van der Waals surface area contributed by atoms with Gasteiger partial charge in [0, 0.05) is 5.75 Å². The van der Waals surface area contributed by atoms with Gasteiger partial charge in [0.1, 0.15) is 31.3 Å². The Bertz CT molecular complexity index is 721. The van der Waals surface area contributed by atoms with Crippen molar-refractivity contribution in [1.29, 1.82) is 0 Å². The van der Waals surface area contributed by atoms with Crippen molar-refractivity contribution in [3.63, 3.8) is 0 Å². The molecular weight excluding hydrogens is 326 g/mol. The van der Waals surface area contributed by atoms with Crippen LogP contribution in [0.15, 0.2) is 12.7 Å². The first-order valence-corrected chi connectivity index (χ1v) is 7.01. The molecule has 2 aromatic heterocycles. The third-order valence-corrected chi connectivity index (χ3v) is 3.12. The maximum atomic E-state index is 11.9. The summed E-state index contributed by atoms with van der Waals surface area (Å²) in [7, 11) is 0. The maximum absolute atomic E-state index is 11.9. The highest BCUT2D eigenvalue weighted by atomic mass is 32.1. The molecule has 2 rings (SSSR count). The Labute approximate surface area is 135 Å². The van der Waals surface area contributed by atoms with Gasteiger partial charge in [0.05, 0.1) is 0 Å². The molecule has 23 heavy (non-hydrogen) atoms. The van der Waals surface area contributed by atoms with E-state index >= 15 is 0 Å². The zero-order chi connectivity index (χ0) is 17.0. The molecule has 0 saturated carbocycles. The van der Waals surface area contributed by atoms with Gasteiger partial charge in [-0.05, 0) is 0 Å². The lowest BCUT2D eigenvalue weighted by atomic mass is 10.3. The highest BCUT2D eigenvalue weighted by Crippen LogP contribution is 2.12. The lowest BCUT2D eigenvalue weighted by Crippen LogP contribution is -2.43. The Morgan fingerprint density at radius 3 is 2.65 bits per heavy atom. The van der Waals surface area contributed by atoms with E-state index in [0.717, 1.165) is 4.73 Å². The summed E-state index contributed by atoms with van der Waals surface area (Å²) in [6.45, 7) is -0.386. The van der Waals surface area contributed by atoms with E-state index in [-0.39, 0.29) is 29.3 Å². The monoisotopic (exact) mass is 341 g/mol. The summed E-state index contributed by atoms with van der Waals surface area (Å²) in [4.78, 5) is 39.9. The fourth-order valence-electron chi connectivity index (χ4n) is 1.49. The largest absolute Gasteiger partial charge is 0.462 e. The summed E-state index contributed by atoms with van der Waals surface area (Å²) in [5, 5.41) is 0. The second-order valence-electron chi connectivity index (χ2n) is 4.44. The van der Waals surface area contributed by atoms with Crippen LogP contribution in [0.5, 0.6) is 0 Å². The summed E-state index contributed by atoms with van der Waals surface area (Å²) in [5.41, 5.74) is 17.1. The average Bonchev–Trinajstić information content (AvgIpc) is 2.95. The van der Waals surface area contributed by atoms with Gasteiger partial charge in [-0.1, -0.05) is 0 Å². The van der Waals surface area contributed by atoms with Crippen LogP contribution in [0, 0.1) is 0 Å². The molecule has 0 aliphatic carbocycles. The molecule has 124 valence electrons. The van der Waals surface area contributed by atoms with Crippen LogP contribution in [0.3, 0.4) is 0 Å². The molecule has 0 amide bonds. The van der Waals surface area contributed by atoms with Gasteiger partial charge in [-0.2, -0.15) is 12.6 Å². The maximum Gasteiger partial charge on any atom is 0.353 e. The van der Waals surface area contributed by atoms with Crippen LogP contribution < -0.4 is 22.0 Å². The van der Waals surface area contributed by atoms with E-state index < -0.39 is 24.0 Å². The number of thiol groups is 1. The predicted octanol–water partition coefficient (Wildman–Crippen LogP) is -2.51. The summed E-state index contributed by atoms with van der Waals surface area (Å²) in [6.07, 6.45) is 2.40. The van der Waals surface area contributed by atoms with Crippen molar-refractivity contribution in [2.75, 3.05) is 18.1 Å². The molecule has 0 saturated heterocycles. The van der Waals surface area contributed by atoms with E-state index in [0.29, 0.717) is 0 Å². The quantitative estimate of drug-likeness (QED) is 0.324. The lowest BCUT2D eigenvalue weighted by molar-refractivity contribution is -0.151. The Morgan fingerprint density at radius 2 is 1.96 bits per heavy atom. The van der Waals surface area contributed by atoms with Gasteiger partial charge < -0.3 is 26.8 Å². The smallest absolute Gasteiger partial charge is 0.353 e. The second-order valence-corrected chi connectivity index (χ2v) is 4.80. The average molecular weight is 341 g/mol. The van der Waals surface area contributed by atoms with E-state index in [4.69, 9.17) is 26.8 Å². The number of aromatic nitrogens is 4. The minimum Gasteiger partial charge on any atom is -0.462 e. The molecule has 0 aliphatic rings. The van der Waals surface area contributed by atoms with Crippen molar-refractivity contribution in [3.8, 4) is 0 Å². The molecule has 0 aliphatic heterocycles. The fraction of sp³-hybridized carbons (Fsp3) is 0.364. The van der Waals surface area contributed by atoms with Gasteiger partial charge in [-0.25, -0.2) is 19.7 Å². The van der Waals surface area contributed by atoms with E-state index in [1.807, 2.05) is 0 Å². The highest BCUT2D eigenvalue weighted by molar-refractivity contribution is 7.80. The molecule has 0 spiro atoms. The number of ether oxygens (including phenoxy) is 1. The van der Waals surface area contributed by atoms with Gasteiger partial charge in [-0.15, -0.1) is 4.73 Å². The number of carbonyl (C=O) groups excluding carboxylic acids is 2. The minimum atomic E-state index is -1.21. The Morgan fingerprint density at radius 1 is 1.22 bits per heavy atom. The van der Waals surface area contributed by atoms with Crippen LogP contribution in [-0.2, 0) is 14.3 Å². The SMILES string of the molecule is Nc1ncnc2c1ncn2OC(=O)[C@@H](N)COC(=O)[C@@H](N)CS. The van der Waals surface area contributed by atoms with E-state index in [9.17, 15) is 9.59 Å². The zero-order valence-corrected chi connectivity index (χ0v) is 12.7. The fourth-order valence-corrected chi connectivity index (χ4v) is 1.63. The minimum absolute atomic E-state index is 0.112. The Balaban J connectivity index is 1.98. The number of hydrogen-bond acceptors (Lipinski definition) is 11. The number of nitrogens with two attached hydrogens (primary N) is 3. The third-order valence-electron chi connectivity index (χ3n) is 2.73. The normalized spacial score (nSPS) is 13.5. The second kappa shape index (κ2) is 7.21. The summed E-state index contributed by atoms with van der Waals surface area (Å²) in [6, 6.07) is -2.10. The number of imidazole rings is 1. The van der Waals surface area contributed by atoms with Gasteiger partial charge in [-0.3, -0.25) is 4.79 Å². The molecule has 12 heteroatoms. The summed E-state index contributed by atoms with van der Waals surface area (Å²) in [5.74, 6) is -1.31. The first kappa shape index (κ1) is 16.9. The first-order chi connectivity index (χ1) is 10.9. The Kier molecular flexibility index (Phi) is 5.31. The molecule has 0 aromatic carbocycles. The number of hydrogen-bond donors (Lipinski definition) is 4. The van der Waals surface area contributed by atoms with Crippen molar-refractivity contribution in [2.24, 2.45) is 11.5 Å². The van der Waals surface area contributed by atoms with E-state index in [2.05, 4.69) is 27.6 Å². The van der Waals surface area contributed by atoms with Gasteiger partial charge >= 0.3 is 11.9 Å². The number of rotatable bonds is 6. The van der Waals surface area contributed by atoms with Crippen LogP contribution in [-0.4, -0.2) is 56.1 Å². The molecule has 0 radical (unpaired) electrons. The molecular formula is C11H15N7O4S. The van der Waals surface area contributed by atoms with Crippen molar-refractivity contribution in [3.05, 3.63) is 12.7 Å². The van der Waals surface area contributed by atoms with Crippen LogP contribution in [0.2, 0.25) is 0 Å². The van der Waals surface area contributed by atoms with Crippen LogP contribution in [0.4, 0.5) is 5.82 Å². The van der Waals surface area contributed by atoms with Gasteiger partial charge in [0.15, 0.2) is 11.3 Å². The Hall–Kier alpha value is -2.44. The highest BCUT2D eigenvalue weighted by Gasteiger charge is 2.22. The zero-order valence-electron chi connectivity index (χ0n) is 11.8. The van der Waals surface area contributed by atoms with E-state index in [1.54, 1.807) is 0 Å². The molecule has 0 fully saturated rings.